The SMILES string of the molecule is COc1ccc(C2(c3ccc(C)cc3)c3cc(Br)ccc3-c3c(Br)cccc32)cc1. The largest absolute Gasteiger partial charge is 0.497 e. The van der Waals surface area contributed by atoms with Crippen LogP contribution in [0.2, 0.25) is 0 Å². The van der Waals surface area contributed by atoms with Gasteiger partial charge < -0.3 is 4.74 Å². The van der Waals surface area contributed by atoms with E-state index in [1.54, 1.807) is 7.11 Å². The molecule has 30 heavy (non-hydrogen) atoms. The smallest absolute Gasteiger partial charge is 0.118 e. The Labute approximate surface area is 194 Å². The number of benzene rings is 4. The zero-order chi connectivity index (χ0) is 20.9. The summed E-state index contributed by atoms with van der Waals surface area (Å²) in [4.78, 5) is 0. The average Bonchev–Trinajstić information content (AvgIpc) is 3.06. The Bertz CT molecular complexity index is 1240. The van der Waals surface area contributed by atoms with Crippen LogP contribution < -0.4 is 4.74 Å². The Balaban J connectivity index is 1.95. The zero-order valence-corrected chi connectivity index (χ0v) is 19.9. The third kappa shape index (κ3) is 2.79. The maximum Gasteiger partial charge on any atom is 0.118 e. The predicted octanol–water partition coefficient (Wildman–Crippen LogP) is 7.89. The first-order chi connectivity index (χ1) is 14.6. The van der Waals surface area contributed by atoms with Crippen molar-refractivity contribution in [1.29, 1.82) is 0 Å². The lowest BCUT2D eigenvalue weighted by Crippen LogP contribution is -2.28. The highest BCUT2D eigenvalue weighted by molar-refractivity contribution is 9.10. The maximum atomic E-state index is 5.45. The van der Waals surface area contributed by atoms with Crippen molar-refractivity contribution in [3.63, 3.8) is 0 Å². The van der Waals surface area contributed by atoms with E-state index in [-0.39, 0.29) is 0 Å². The van der Waals surface area contributed by atoms with Crippen LogP contribution in [0.5, 0.6) is 5.75 Å². The van der Waals surface area contributed by atoms with Crippen LogP contribution in [0.25, 0.3) is 11.1 Å². The molecule has 1 atom stereocenters. The Morgan fingerprint density at radius 3 is 2.07 bits per heavy atom. The summed E-state index contributed by atoms with van der Waals surface area (Å²) in [6.07, 6.45) is 0. The Morgan fingerprint density at radius 2 is 1.40 bits per heavy atom. The zero-order valence-electron chi connectivity index (χ0n) is 16.7. The fraction of sp³-hybridized carbons (Fsp3) is 0.111. The minimum absolute atomic E-state index is 0.405. The number of aryl methyl sites for hydroxylation is 1. The molecule has 4 aromatic carbocycles. The first-order valence-corrected chi connectivity index (χ1v) is 11.5. The molecule has 4 aromatic rings. The summed E-state index contributed by atoms with van der Waals surface area (Å²) < 4.78 is 7.64. The predicted molar refractivity (Wildman–Crippen MR) is 130 cm³/mol. The number of ether oxygens (including phenoxy) is 1. The van der Waals surface area contributed by atoms with E-state index in [1.807, 2.05) is 0 Å². The van der Waals surface area contributed by atoms with Gasteiger partial charge in [-0.05, 0) is 65.1 Å². The third-order valence-corrected chi connectivity index (χ3v) is 7.23. The van der Waals surface area contributed by atoms with Crippen LogP contribution in [0, 0.1) is 6.92 Å². The van der Waals surface area contributed by atoms with Crippen LogP contribution in [0.15, 0.2) is 93.9 Å². The van der Waals surface area contributed by atoms with E-state index in [0.29, 0.717) is 0 Å². The van der Waals surface area contributed by atoms with Crippen molar-refractivity contribution in [1.82, 2.24) is 0 Å². The van der Waals surface area contributed by atoms with Gasteiger partial charge >= 0.3 is 0 Å². The molecule has 148 valence electrons. The van der Waals surface area contributed by atoms with Gasteiger partial charge in [-0.25, -0.2) is 0 Å². The highest BCUT2D eigenvalue weighted by Crippen LogP contribution is 2.58. The lowest BCUT2D eigenvalue weighted by Gasteiger charge is -2.34. The van der Waals surface area contributed by atoms with E-state index >= 15 is 0 Å². The second kappa shape index (κ2) is 7.40. The van der Waals surface area contributed by atoms with Crippen LogP contribution in [-0.4, -0.2) is 7.11 Å². The lowest BCUT2D eigenvalue weighted by molar-refractivity contribution is 0.414. The molecule has 5 rings (SSSR count). The monoisotopic (exact) mass is 518 g/mol. The molecule has 0 amide bonds. The third-order valence-electron chi connectivity index (χ3n) is 6.08. The molecule has 1 unspecified atom stereocenters. The fourth-order valence-electron chi connectivity index (χ4n) is 4.73. The topological polar surface area (TPSA) is 9.23 Å². The number of methoxy groups -OCH3 is 1. The molecule has 0 fully saturated rings. The summed E-state index contributed by atoms with van der Waals surface area (Å²) in [6.45, 7) is 2.13. The second-order valence-corrected chi connectivity index (χ2v) is 9.47. The molecule has 0 saturated heterocycles. The van der Waals surface area contributed by atoms with Gasteiger partial charge in [0.2, 0.25) is 0 Å². The summed E-state index contributed by atoms with van der Waals surface area (Å²) >= 11 is 7.56. The number of hydrogen-bond donors (Lipinski definition) is 0. The molecule has 1 nitrogen and oxygen atoms in total. The van der Waals surface area contributed by atoms with Crippen molar-refractivity contribution >= 4 is 31.9 Å². The van der Waals surface area contributed by atoms with E-state index in [0.717, 1.165) is 14.7 Å². The van der Waals surface area contributed by atoms with E-state index in [1.165, 1.54) is 38.9 Å². The first-order valence-electron chi connectivity index (χ1n) is 9.87. The first kappa shape index (κ1) is 19.6. The van der Waals surface area contributed by atoms with Crippen molar-refractivity contribution in [2.24, 2.45) is 0 Å². The molecule has 0 radical (unpaired) electrons. The average molecular weight is 520 g/mol. The molecule has 0 bridgehead atoms. The molecule has 0 spiro atoms. The molecule has 0 heterocycles. The van der Waals surface area contributed by atoms with Crippen molar-refractivity contribution in [3.8, 4) is 16.9 Å². The van der Waals surface area contributed by atoms with E-state index in [9.17, 15) is 0 Å². The van der Waals surface area contributed by atoms with Crippen LogP contribution in [0.1, 0.15) is 27.8 Å². The molecule has 0 saturated carbocycles. The Kier molecular flexibility index (Phi) is 4.83. The van der Waals surface area contributed by atoms with Gasteiger partial charge in [0.25, 0.3) is 0 Å². The summed E-state index contributed by atoms with van der Waals surface area (Å²) in [7, 11) is 1.71. The van der Waals surface area contributed by atoms with Gasteiger partial charge in [0, 0.05) is 14.5 Å². The van der Waals surface area contributed by atoms with Crippen LogP contribution in [0.4, 0.5) is 0 Å². The van der Waals surface area contributed by atoms with Crippen LogP contribution in [0.3, 0.4) is 0 Å². The molecular weight excluding hydrogens is 500 g/mol. The lowest BCUT2D eigenvalue weighted by atomic mass is 9.67. The normalized spacial score (nSPS) is 16.8. The summed E-state index contributed by atoms with van der Waals surface area (Å²) in [5, 5.41) is 0. The molecule has 0 N–H and O–H groups in total. The van der Waals surface area contributed by atoms with Gasteiger partial charge in [0.1, 0.15) is 5.75 Å². The Morgan fingerprint density at radius 1 is 0.733 bits per heavy atom. The van der Waals surface area contributed by atoms with E-state index in [4.69, 9.17) is 4.74 Å². The summed E-state index contributed by atoms with van der Waals surface area (Å²) in [6, 6.07) is 30.6. The molecule has 0 aliphatic heterocycles. The van der Waals surface area contributed by atoms with Gasteiger partial charge in [0.15, 0.2) is 0 Å². The van der Waals surface area contributed by atoms with Crippen molar-refractivity contribution < 1.29 is 4.74 Å². The molecule has 1 aliphatic rings. The quantitative estimate of drug-likeness (QED) is 0.235. The number of rotatable bonds is 3. The number of halogens is 2. The van der Waals surface area contributed by atoms with Crippen molar-refractivity contribution in [2.75, 3.05) is 7.11 Å². The highest BCUT2D eigenvalue weighted by atomic mass is 79.9. The Hall–Kier alpha value is -2.36. The standard InChI is InChI=1S/C27H20Br2O/c1-17-6-8-18(9-7-17)27(19-10-13-21(30-2)14-11-19)23-4-3-5-25(29)26(23)22-15-12-20(28)16-24(22)27/h3-16H,1-2H3. The van der Waals surface area contributed by atoms with Crippen LogP contribution in [-0.2, 0) is 5.41 Å². The highest BCUT2D eigenvalue weighted by Gasteiger charge is 2.46. The molecule has 0 aromatic heterocycles. The minimum Gasteiger partial charge on any atom is -0.497 e. The van der Waals surface area contributed by atoms with Crippen molar-refractivity contribution in [3.05, 3.63) is 122 Å². The number of hydrogen-bond acceptors (Lipinski definition) is 1. The maximum absolute atomic E-state index is 5.45. The van der Waals surface area contributed by atoms with Gasteiger partial charge in [0.05, 0.1) is 12.5 Å². The molecule has 1 aliphatic carbocycles. The molecular formula is C27H20Br2O. The van der Waals surface area contributed by atoms with E-state index in [2.05, 4.69) is 124 Å². The number of fused-ring (bicyclic) bond motifs is 3. The minimum atomic E-state index is -0.405. The van der Waals surface area contributed by atoms with Gasteiger partial charge in [-0.3, -0.25) is 0 Å². The van der Waals surface area contributed by atoms with Gasteiger partial charge in [-0.15, -0.1) is 0 Å². The second-order valence-electron chi connectivity index (χ2n) is 7.70. The summed E-state index contributed by atoms with van der Waals surface area (Å²) in [5.74, 6) is 0.861. The summed E-state index contributed by atoms with van der Waals surface area (Å²) in [5.41, 5.74) is 8.43. The molecule has 3 heteroatoms. The van der Waals surface area contributed by atoms with Gasteiger partial charge in [-0.1, -0.05) is 92.0 Å². The van der Waals surface area contributed by atoms with Gasteiger partial charge in [-0.2, -0.15) is 0 Å². The van der Waals surface area contributed by atoms with Crippen LogP contribution >= 0.6 is 31.9 Å². The van der Waals surface area contributed by atoms with Crippen molar-refractivity contribution in [2.45, 2.75) is 12.3 Å². The fourth-order valence-corrected chi connectivity index (χ4v) is 5.67. The van der Waals surface area contributed by atoms with E-state index < -0.39 is 5.41 Å².